The van der Waals surface area contributed by atoms with Crippen LogP contribution in [0.2, 0.25) is 0 Å². The number of nitrogens with zero attached hydrogens (tertiary/aromatic N) is 1. The molecule has 0 unspecified atom stereocenters. The second kappa shape index (κ2) is 8.99. The summed E-state index contributed by atoms with van der Waals surface area (Å²) in [6, 6.07) is 9.68. The van der Waals surface area contributed by atoms with E-state index in [1.54, 1.807) is 5.56 Å². The van der Waals surface area contributed by atoms with E-state index >= 15 is 0 Å². The molecule has 1 saturated heterocycles. The summed E-state index contributed by atoms with van der Waals surface area (Å²) in [6.07, 6.45) is 5.70. The van der Waals surface area contributed by atoms with Gasteiger partial charge >= 0.3 is 0 Å². The molecule has 4 heteroatoms. The van der Waals surface area contributed by atoms with Crippen molar-refractivity contribution >= 4 is 24.8 Å². The Hall–Kier alpha value is -0.280. The lowest BCUT2D eigenvalue weighted by Crippen LogP contribution is -2.46. The maximum Gasteiger partial charge on any atom is 0.0379 e. The van der Waals surface area contributed by atoms with Crippen LogP contribution < -0.4 is 5.32 Å². The van der Waals surface area contributed by atoms with Crippen molar-refractivity contribution in [2.75, 3.05) is 26.2 Å². The zero-order chi connectivity index (χ0) is 13.1. The molecule has 1 aliphatic carbocycles. The first-order valence-corrected chi connectivity index (χ1v) is 7.86. The maximum absolute atomic E-state index is 3.48. The average molecular weight is 331 g/mol. The Morgan fingerprint density at radius 1 is 1.05 bits per heavy atom. The van der Waals surface area contributed by atoms with E-state index < -0.39 is 0 Å². The lowest BCUT2D eigenvalue weighted by molar-refractivity contribution is 0.125. The molecule has 0 spiro atoms. The van der Waals surface area contributed by atoms with Gasteiger partial charge < -0.3 is 5.32 Å². The smallest absolute Gasteiger partial charge is 0.0379 e. The van der Waals surface area contributed by atoms with E-state index in [9.17, 15) is 0 Å². The molecule has 1 saturated carbocycles. The first kappa shape index (κ1) is 18.8. The Balaban J connectivity index is 0.00000110. The van der Waals surface area contributed by atoms with Gasteiger partial charge in [-0.2, -0.15) is 0 Å². The zero-order valence-corrected chi connectivity index (χ0v) is 14.5. The second-order valence-electron chi connectivity index (χ2n) is 6.13. The molecule has 1 aromatic rings. The van der Waals surface area contributed by atoms with Gasteiger partial charge in [0.05, 0.1) is 0 Å². The zero-order valence-electron chi connectivity index (χ0n) is 12.9. The molecule has 0 amide bonds. The van der Waals surface area contributed by atoms with E-state index in [2.05, 4.69) is 41.4 Å². The van der Waals surface area contributed by atoms with Crippen LogP contribution in [-0.2, 0) is 0 Å². The standard InChI is InChI=1S/C17H26N2.2ClH/c1-14-6-2-5-9-16(14)17(15-7-3-4-8-15)19-12-10-18-11-13-19;;/h2,5-6,9,15,17-18H,3-4,7-8,10-13H2,1H3;2*1H/t17-;;/m1../s1. The van der Waals surface area contributed by atoms with Gasteiger partial charge in [-0.15, -0.1) is 24.8 Å². The normalized spacial score (nSPS) is 21.4. The number of nitrogens with one attached hydrogen (secondary N) is 1. The minimum Gasteiger partial charge on any atom is -0.314 e. The van der Waals surface area contributed by atoms with E-state index in [1.807, 2.05) is 0 Å². The summed E-state index contributed by atoms with van der Waals surface area (Å²) in [5, 5.41) is 3.48. The molecule has 1 aromatic carbocycles. The summed E-state index contributed by atoms with van der Waals surface area (Å²) in [6.45, 7) is 6.98. The van der Waals surface area contributed by atoms with Crippen LogP contribution >= 0.6 is 24.8 Å². The minimum atomic E-state index is 0. The quantitative estimate of drug-likeness (QED) is 0.901. The number of hydrogen-bond acceptors (Lipinski definition) is 2. The van der Waals surface area contributed by atoms with Crippen LogP contribution in [0.5, 0.6) is 0 Å². The van der Waals surface area contributed by atoms with Crippen molar-refractivity contribution in [3.8, 4) is 0 Å². The molecule has 1 atom stereocenters. The van der Waals surface area contributed by atoms with E-state index in [0.717, 1.165) is 19.0 Å². The highest BCUT2D eigenvalue weighted by Gasteiger charge is 2.32. The van der Waals surface area contributed by atoms with Gasteiger partial charge in [0.1, 0.15) is 0 Å². The Bertz CT molecular complexity index is 413. The van der Waals surface area contributed by atoms with Gasteiger partial charge in [-0.25, -0.2) is 0 Å². The molecule has 3 rings (SSSR count). The topological polar surface area (TPSA) is 15.3 Å². The molecule has 2 aliphatic rings. The summed E-state index contributed by atoms with van der Waals surface area (Å²) in [4.78, 5) is 2.73. The summed E-state index contributed by atoms with van der Waals surface area (Å²) in [5.41, 5.74) is 3.05. The van der Waals surface area contributed by atoms with Gasteiger partial charge in [0.15, 0.2) is 0 Å². The number of aryl methyl sites for hydroxylation is 1. The lowest BCUT2D eigenvalue weighted by Gasteiger charge is -2.39. The molecule has 2 fully saturated rings. The third kappa shape index (κ3) is 4.35. The molecule has 1 aliphatic heterocycles. The van der Waals surface area contributed by atoms with Crippen LogP contribution in [0.25, 0.3) is 0 Å². The van der Waals surface area contributed by atoms with E-state index in [1.165, 1.54) is 44.3 Å². The molecular weight excluding hydrogens is 303 g/mol. The highest BCUT2D eigenvalue weighted by Crippen LogP contribution is 2.40. The summed E-state index contributed by atoms with van der Waals surface area (Å²) in [7, 11) is 0. The van der Waals surface area contributed by atoms with Crippen molar-refractivity contribution < 1.29 is 0 Å². The molecule has 0 bridgehead atoms. The van der Waals surface area contributed by atoms with E-state index in [-0.39, 0.29) is 24.8 Å². The summed E-state index contributed by atoms with van der Waals surface area (Å²) < 4.78 is 0. The van der Waals surface area contributed by atoms with Gasteiger partial charge in [0, 0.05) is 32.2 Å². The molecule has 1 heterocycles. The second-order valence-corrected chi connectivity index (χ2v) is 6.13. The Labute approximate surface area is 141 Å². The monoisotopic (exact) mass is 330 g/mol. The van der Waals surface area contributed by atoms with Crippen molar-refractivity contribution in [1.82, 2.24) is 10.2 Å². The maximum atomic E-state index is 3.48. The lowest BCUT2D eigenvalue weighted by atomic mass is 9.87. The third-order valence-corrected chi connectivity index (χ3v) is 4.90. The molecular formula is C17H28Cl2N2. The molecule has 2 nitrogen and oxygen atoms in total. The molecule has 1 N–H and O–H groups in total. The fourth-order valence-electron chi connectivity index (χ4n) is 3.90. The van der Waals surface area contributed by atoms with E-state index in [0.29, 0.717) is 6.04 Å². The summed E-state index contributed by atoms with van der Waals surface area (Å²) >= 11 is 0. The summed E-state index contributed by atoms with van der Waals surface area (Å²) in [5.74, 6) is 0.874. The predicted molar refractivity (Wildman–Crippen MR) is 94.8 cm³/mol. The van der Waals surface area contributed by atoms with Gasteiger partial charge in [-0.05, 0) is 36.8 Å². The number of piperazine rings is 1. The number of benzene rings is 1. The first-order chi connectivity index (χ1) is 9.36. The first-order valence-electron chi connectivity index (χ1n) is 7.86. The molecule has 0 aromatic heterocycles. The Morgan fingerprint density at radius 2 is 1.67 bits per heavy atom. The molecule has 120 valence electrons. The fraction of sp³-hybridized carbons (Fsp3) is 0.647. The molecule has 0 radical (unpaired) electrons. The Kier molecular flexibility index (Phi) is 8.04. The van der Waals surface area contributed by atoms with Crippen molar-refractivity contribution in [3.05, 3.63) is 35.4 Å². The van der Waals surface area contributed by atoms with Crippen LogP contribution in [0, 0.1) is 12.8 Å². The van der Waals surface area contributed by atoms with Gasteiger partial charge in [0.2, 0.25) is 0 Å². The van der Waals surface area contributed by atoms with Crippen molar-refractivity contribution in [3.63, 3.8) is 0 Å². The largest absolute Gasteiger partial charge is 0.314 e. The number of hydrogen-bond donors (Lipinski definition) is 1. The highest BCUT2D eigenvalue weighted by molar-refractivity contribution is 5.85. The van der Waals surface area contributed by atoms with Gasteiger partial charge in [-0.3, -0.25) is 4.90 Å². The van der Waals surface area contributed by atoms with Crippen molar-refractivity contribution in [2.45, 2.75) is 38.6 Å². The van der Waals surface area contributed by atoms with Gasteiger partial charge in [-0.1, -0.05) is 37.1 Å². The van der Waals surface area contributed by atoms with Gasteiger partial charge in [0.25, 0.3) is 0 Å². The Morgan fingerprint density at radius 3 is 2.29 bits per heavy atom. The highest BCUT2D eigenvalue weighted by atomic mass is 35.5. The van der Waals surface area contributed by atoms with Crippen LogP contribution in [0.3, 0.4) is 0 Å². The SMILES string of the molecule is Cc1ccccc1[C@@H](C1CCCC1)N1CCNCC1.Cl.Cl. The van der Waals surface area contributed by atoms with Crippen LogP contribution in [0.1, 0.15) is 42.9 Å². The van der Waals surface area contributed by atoms with Crippen molar-refractivity contribution in [1.29, 1.82) is 0 Å². The molecule has 21 heavy (non-hydrogen) atoms. The number of halogens is 2. The fourth-order valence-corrected chi connectivity index (χ4v) is 3.90. The third-order valence-electron chi connectivity index (χ3n) is 4.90. The van der Waals surface area contributed by atoms with E-state index in [4.69, 9.17) is 0 Å². The minimum absolute atomic E-state index is 0. The predicted octanol–water partition coefficient (Wildman–Crippen LogP) is 3.98. The average Bonchev–Trinajstić information content (AvgIpc) is 2.96. The van der Waals surface area contributed by atoms with Crippen LogP contribution in [-0.4, -0.2) is 31.1 Å². The van der Waals surface area contributed by atoms with Crippen LogP contribution in [0.4, 0.5) is 0 Å². The number of rotatable bonds is 3. The van der Waals surface area contributed by atoms with Crippen molar-refractivity contribution in [2.24, 2.45) is 5.92 Å². The van der Waals surface area contributed by atoms with Crippen LogP contribution in [0.15, 0.2) is 24.3 Å².